The number of pyridine rings is 1. The fourth-order valence-corrected chi connectivity index (χ4v) is 2.04. The summed E-state index contributed by atoms with van der Waals surface area (Å²) < 4.78 is 7.12. The number of nitrogens with one attached hydrogen (secondary N) is 1. The number of allylic oxidation sites excluding steroid dienone is 5. The van der Waals surface area contributed by atoms with E-state index in [4.69, 9.17) is 15.3 Å². The van der Waals surface area contributed by atoms with Gasteiger partial charge in [-0.25, -0.2) is 4.68 Å². The van der Waals surface area contributed by atoms with Crippen LogP contribution < -0.4 is 5.49 Å². The topological polar surface area (TPSA) is 87.7 Å². The van der Waals surface area contributed by atoms with E-state index >= 15 is 0 Å². The van der Waals surface area contributed by atoms with E-state index in [2.05, 4.69) is 23.7 Å². The van der Waals surface area contributed by atoms with Gasteiger partial charge in [0.05, 0.1) is 6.42 Å². The first-order chi connectivity index (χ1) is 12.5. The minimum absolute atomic E-state index is 0.0426. The number of nitrogens with zero attached hydrogens (tertiary/aromatic N) is 2. The van der Waals surface area contributed by atoms with Gasteiger partial charge in [0.25, 0.3) is 0 Å². The molecule has 0 spiro atoms. The van der Waals surface area contributed by atoms with Crippen molar-refractivity contribution >= 4 is 12.7 Å². The molecule has 0 aliphatic heterocycles. The second-order valence-electron chi connectivity index (χ2n) is 5.25. The largest absolute Gasteiger partial charge is 0.489 e. The molecule has 6 heteroatoms. The number of hydrogen-bond donors (Lipinski definition) is 2. The Balaban J connectivity index is 2.84. The van der Waals surface area contributed by atoms with Crippen LogP contribution in [0, 0.1) is 23.2 Å². The first-order valence-corrected chi connectivity index (χ1v) is 8.01. The van der Waals surface area contributed by atoms with Crippen molar-refractivity contribution in [2.24, 2.45) is 11.0 Å². The Hall–Kier alpha value is -3.33. The molecule has 0 radical (unpaired) electrons. The van der Waals surface area contributed by atoms with Gasteiger partial charge in [-0.3, -0.25) is 10.2 Å². The third-order valence-corrected chi connectivity index (χ3v) is 3.21. The average molecular weight is 353 g/mol. The van der Waals surface area contributed by atoms with Crippen LogP contribution in [-0.4, -0.2) is 22.5 Å². The van der Waals surface area contributed by atoms with Crippen molar-refractivity contribution in [1.82, 2.24) is 4.68 Å². The highest BCUT2D eigenvalue weighted by Gasteiger charge is 2.06. The Morgan fingerprint density at radius 2 is 2.31 bits per heavy atom. The third kappa shape index (κ3) is 7.49. The Bertz CT molecular complexity index is 836. The van der Waals surface area contributed by atoms with Gasteiger partial charge in [0.1, 0.15) is 17.9 Å². The first kappa shape index (κ1) is 20.7. The summed E-state index contributed by atoms with van der Waals surface area (Å²) in [5, 5.41) is 20.3. The van der Waals surface area contributed by atoms with E-state index in [1.807, 2.05) is 13.0 Å². The molecular weight excluding hydrogens is 330 g/mol. The molecule has 1 aromatic rings. The molecule has 0 saturated carbocycles. The van der Waals surface area contributed by atoms with E-state index in [-0.39, 0.29) is 17.8 Å². The number of aromatic nitrogens is 1. The van der Waals surface area contributed by atoms with E-state index in [9.17, 15) is 4.79 Å². The van der Waals surface area contributed by atoms with E-state index in [0.717, 1.165) is 5.56 Å². The standard InChI is InChI=1S/C20H23N3O3/c1-4-7-16(13-20(24)25)9-6-10-18(8-5-2)26-15-17-11-12-19(21)23(14-17)22-3/h5-6,8-12,14,16,21H,3,13,15H2,1-2H3,(H,24,25)/b8-5-,9-6+,18-10+,21-19?. The lowest BCUT2D eigenvalue weighted by Crippen LogP contribution is -2.14. The quantitative estimate of drug-likeness (QED) is 0.309. The highest BCUT2D eigenvalue weighted by atomic mass is 16.5. The highest BCUT2D eigenvalue weighted by Crippen LogP contribution is 2.09. The number of carboxylic acid groups (broad SMARTS) is 1. The summed E-state index contributed by atoms with van der Waals surface area (Å²) in [4.78, 5) is 10.8. The molecule has 1 aromatic heterocycles. The van der Waals surface area contributed by atoms with E-state index in [1.165, 1.54) is 4.68 Å². The maximum Gasteiger partial charge on any atom is 0.304 e. The maximum atomic E-state index is 10.8. The lowest BCUT2D eigenvalue weighted by atomic mass is 10.1. The first-order valence-electron chi connectivity index (χ1n) is 8.01. The molecule has 2 N–H and O–H groups in total. The fraction of sp³-hybridized carbons (Fsp3) is 0.250. The summed E-state index contributed by atoms with van der Waals surface area (Å²) in [5.41, 5.74) is 1.07. The summed E-state index contributed by atoms with van der Waals surface area (Å²) >= 11 is 0. The lowest BCUT2D eigenvalue weighted by molar-refractivity contribution is -0.137. The van der Waals surface area contributed by atoms with Crippen LogP contribution in [0.15, 0.2) is 59.6 Å². The number of rotatable bonds is 9. The third-order valence-electron chi connectivity index (χ3n) is 3.21. The van der Waals surface area contributed by atoms with Crippen LogP contribution in [0.3, 0.4) is 0 Å². The summed E-state index contributed by atoms with van der Waals surface area (Å²) in [7, 11) is 0. The van der Waals surface area contributed by atoms with Gasteiger partial charge < -0.3 is 9.84 Å². The van der Waals surface area contributed by atoms with Crippen LogP contribution in [0.2, 0.25) is 0 Å². The van der Waals surface area contributed by atoms with Crippen LogP contribution in [0.5, 0.6) is 0 Å². The molecule has 0 aliphatic rings. The van der Waals surface area contributed by atoms with Crippen molar-refractivity contribution < 1.29 is 14.6 Å². The van der Waals surface area contributed by atoms with Crippen molar-refractivity contribution in [2.75, 3.05) is 0 Å². The fourth-order valence-electron chi connectivity index (χ4n) is 2.04. The molecule has 1 heterocycles. The number of ether oxygens (including phenoxy) is 1. The Labute approximate surface area is 153 Å². The molecular formula is C20H23N3O3. The molecule has 26 heavy (non-hydrogen) atoms. The maximum absolute atomic E-state index is 10.8. The van der Waals surface area contributed by atoms with Gasteiger partial charge in [-0.2, -0.15) is 5.10 Å². The summed E-state index contributed by atoms with van der Waals surface area (Å²) in [6, 6.07) is 3.40. The molecule has 0 bridgehead atoms. The van der Waals surface area contributed by atoms with Crippen molar-refractivity contribution in [3.63, 3.8) is 0 Å². The predicted octanol–water partition coefficient (Wildman–Crippen LogP) is 3.08. The normalized spacial score (nSPS) is 12.6. The van der Waals surface area contributed by atoms with Crippen LogP contribution in [-0.2, 0) is 16.1 Å². The number of aliphatic carboxylic acids is 1. The average Bonchev–Trinajstić information content (AvgIpc) is 2.60. The molecule has 1 atom stereocenters. The molecule has 0 aliphatic carbocycles. The summed E-state index contributed by atoms with van der Waals surface area (Å²) in [5.74, 6) is 4.97. The van der Waals surface area contributed by atoms with Gasteiger partial charge in [-0.1, -0.05) is 30.2 Å². The van der Waals surface area contributed by atoms with Gasteiger partial charge in [0.15, 0.2) is 0 Å². The minimum atomic E-state index is -0.890. The summed E-state index contributed by atoms with van der Waals surface area (Å²) in [6.07, 6.45) is 10.5. The van der Waals surface area contributed by atoms with Crippen molar-refractivity contribution in [3.05, 3.63) is 65.5 Å². The van der Waals surface area contributed by atoms with Gasteiger partial charge in [-0.15, -0.1) is 5.92 Å². The highest BCUT2D eigenvalue weighted by molar-refractivity contribution is 5.68. The molecule has 136 valence electrons. The molecule has 0 saturated heterocycles. The number of hydrogen-bond acceptors (Lipinski definition) is 4. The van der Waals surface area contributed by atoms with Crippen molar-refractivity contribution in [3.8, 4) is 11.8 Å². The van der Waals surface area contributed by atoms with E-state index in [0.29, 0.717) is 12.4 Å². The molecule has 0 amide bonds. The SMILES string of the molecule is C=Nn1cc(COC(/C=C\C)=C/C=C/C(C#CC)CC(=O)O)ccc1=N. The van der Waals surface area contributed by atoms with E-state index < -0.39 is 5.97 Å². The smallest absolute Gasteiger partial charge is 0.304 e. The Kier molecular flexibility index (Phi) is 8.97. The van der Waals surface area contributed by atoms with Crippen LogP contribution >= 0.6 is 0 Å². The molecule has 1 rings (SSSR count). The van der Waals surface area contributed by atoms with Crippen molar-refractivity contribution in [1.29, 1.82) is 5.41 Å². The van der Waals surface area contributed by atoms with Crippen molar-refractivity contribution in [2.45, 2.75) is 26.9 Å². The second kappa shape index (κ2) is 11.3. The molecule has 0 fully saturated rings. The zero-order chi connectivity index (χ0) is 19.4. The molecule has 1 unspecified atom stereocenters. The zero-order valence-electron chi connectivity index (χ0n) is 15.0. The van der Waals surface area contributed by atoms with Gasteiger partial charge in [0.2, 0.25) is 0 Å². The van der Waals surface area contributed by atoms with Gasteiger partial charge in [-0.05, 0) is 32.1 Å². The van der Waals surface area contributed by atoms with Gasteiger partial charge >= 0.3 is 5.97 Å². The molecule has 6 nitrogen and oxygen atoms in total. The zero-order valence-corrected chi connectivity index (χ0v) is 15.0. The monoisotopic (exact) mass is 353 g/mol. The Morgan fingerprint density at radius 3 is 2.92 bits per heavy atom. The molecule has 0 aromatic carbocycles. The minimum Gasteiger partial charge on any atom is -0.489 e. The lowest BCUT2D eigenvalue weighted by Gasteiger charge is -2.08. The van der Waals surface area contributed by atoms with Crippen LogP contribution in [0.25, 0.3) is 0 Å². The van der Waals surface area contributed by atoms with Gasteiger partial charge in [0, 0.05) is 24.4 Å². The second-order valence-corrected chi connectivity index (χ2v) is 5.25. The predicted molar refractivity (Wildman–Crippen MR) is 101 cm³/mol. The number of carboxylic acids is 1. The van der Waals surface area contributed by atoms with Crippen LogP contribution in [0.4, 0.5) is 0 Å². The Morgan fingerprint density at radius 1 is 1.54 bits per heavy atom. The van der Waals surface area contributed by atoms with E-state index in [1.54, 1.807) is 49.6 Å². The summed E-state index contributed by atoms with van der Waals surface area (Å²) in [6.45, 7) is 7.27. The van der Waals surface area contributed by atoms with Crippen LogP contribution in [0.1, 0.15) is 25.8 Å². The number of carbonyl (C=O) groups is 1.